The quantitative estimate of drug-likeness (QED) is 0.931. The second kappa shape index (κ2) is 5.75. The molecule has 1 aromatic carbocycles. The summed E-state index contributed by atoms with van der Waals surface area (Å²) in [5.41, 5.74) is 2.99. The van der Waals surface area contributed by atoms with Crippen molar-refractivity contribution in [3.8, 4) is 0 Å². The van der Waals surface area contributed by atoms with E-state index in [1.165, 1.54) is 0 Å². The van der Waals surface area contributed by atoms with Crippen LogP contribution in [0.4, 0.5) is 5.69 Å². The molecule has 0 radical (unpaired) electrons. The van der Waals surface area contributed by atoms with Crippen LogP contribution in [0.25, 0.3) is 11.0 Å². The zero-order chi connectivity index (χ0) is 13.9. The summed E-state index contributed by atoms with van der Waals surface area (Å²) in [6, 6.07) is 6.65. The number of benzene rings is 1. The summed E-state index contributed by atoms with van der Waals surface area (Å²) in [6.45, 7) is 5.28. The first-order valence-corrected chi connectivity index (χ1v) is 7.31. The molecule has 1 aliphatic heterocycles. The second-order valence-electron chi connectivity index (χ2n) is 5.78. The highest BCUT2D eigenvalue weighted by atomic mass is 16.5. The van der Waals surface area contributed by atoms with Crippen molar-refractivity contribution in [1.29, 1.82) is 0 Å². The van der Waals surface area contributed by atoms with Gasteiger partial charge in [-0.3, -0.25) is 9.97 Å². The van der Waals surface area contributed by atoms with Gasteiger partial charge in [0.1, 0.15) is 0 Å². The molecule has 2 heterocycles. The van der Waals surface area contributed by atoms with Gasteiger partial charge in [0, 0.05) is 30.7 Å². The Morgan fingerprint density at radius 2 is 2.00 bits per heavy atom. The molecule has 4 nitrogen and oxygen atoms in total. The predicted molar refractivity (Wildman–Crippen MR) is 80.8 cm³/mol. The maximum atomic E-state index is 5.82. The summed E-state index contributed by atoms with van der Waals surface area (Å²) in [4.78, 5) is 8.65. The maximum Gasteiger partial charge on any atom is 0.0907 e. The molecule has 0 bridgehead atoms. The molecule has 1 aromatic heterocycles. The highest BCUT2D eigenvalue weighted by Gasteiger charge is 2.24. The molecule has 20 heavy (non-hydrogen) atoms. The van der Waals surface area contributed by atoms with Crippen LogP contribution in [0.3, 0.4) is 0 Å². The first kappa shape index (κ1) is 13.3. The number of hydrogen-bond donors (Lipinski definition) is 1. The van der Waals surface area contributed by atoms with Gasteiger partial charge in [0.15, 0.2) is 0 Å². The molecule has 1 fully saturated rings. The molecule has 106 valence electrons. The summed E-state index contributed by atoms with van der Waals surface area (Å²) < 4.78 is 5.82. The summed E-state index contributed by atoms with van der Waals surface area (Å²) in [5.74, 6) is 0.571. The highest BCUT2D eigenvalue weighted by Crippen LogP contribution is 2.24. The first-order valence-electron chi connectivity index (χ1n) is 7.31. The molecule has 2 atom stereocenters. The van der Waals surface area contributed by atoms with Crippen LogP contribution < -0.4 is 5.32 Å². The summed E-state index contributed by atoms with van der Waals surface area (Å²) >= 11 is 0. The van der Waals surface area contributed by atoms with Crippen molar-refractivity contribution in [3.05, 3.63) is 30.6 Å². The third-order valence-electron chi connectivity index (χ3n) is 3.90. The number of nitrogens with zero attached hydrogens (tertiary/aromatic N) is 2. The van der Waals surface area contributed by atoms with Crippen LogP contribution in [0.1, 0.15) is 26.7 Å². The van der Waals surface area contributed by atoms with Gasteiger partial charge in [-0.15, -0.1) is 0 Å². The molecule has 1 saturated heterocycles. The third kappa shape index (κ3) is 2.90. The molecule has 1 aliphatic rings. The predicted octanol–water partition coefficient (Wildman–Crippen LogP) is 3.25. The van der Waals surface area contributed by atoms with Crippen LogP contribution in [0.15, 0.2) is 30.6 Å². The van der Waals surface area contributed by atoms with E-state index in [0.29, 0.717) is 18.1 Å². The number of rotatable bonds is 3. The number of anilines is 1. The minimum absolute atomic E-state index is 0.362. The number of fused-ring (bicyclic) bond motifs is 1. The fourth-order valence-corrected chi connectivity index (χ4v) is 2.71. The largest absolute Gasteiger partial charge is 0.382 e. The van der Waals surface area contributed by atoms with Gasteiger partial charge in [0.2, 0.25) is 0 Å². The van der Waals surface area contributed by atoms with E-state index in [-0.39, 0.29) is 0 Å². The minimum Gasteiger partial charge on any atom is -0.382 e. The molecule has 3 rings (SSSR count). The topological polar surface area (TPSA) is 47.0 Å². The van der Waals surface area contributed by atoms with Crippen LogP contribution in [0.5, 0.6) is 0 Å². The van der Waals surface area contributed by atoms with E-state index in [4.69, 9.17) is 4.74 Å². The van der Waals surface area contributed by atoms with E-state index in [9.17, 15) is 0 Å². The van der Waals surface area contributed by atoms with Crippen LogP contribution in [-0.4, -0.2) is 28.7 Å². The number of nitrogens with one attached hydrogen (secondary N) is 1. The molecular formula is C16H21N3O. The van der Waals surface area contributed by atoms with Crippen molar-refractivity contribution < 1.29 is 4.74 Å². The first-order chi connectivity index (χ1) is 9.72. The normalized spacial score (nSPS) is 23.1. The van der Waals surface area contributed by atoms with E-state index in [2.05, 4.69) is 41.3 Å². The molecule has 2 aromatic rings. The smallest absolute Gasteiger partial charge is 0.0907 e. The van der Waals surface area contributed by atoms with Crippen molar-refractivity contribution in [2.75, 3.05) is 11.9 Å². The van der Waals surface area contributed by atoms with E-state index in [0.717, 1.165) is 36.2 Å². The molecule has 4 heteroatoms. The van der Waals surface area contributed by atoms with Gasteiger partial charge in [-0.1, -0.05) is 13.8 Å². The average Bonchev–Trinajstić information content (AvgIpc) is 2.47. The summed E-state index contributed by atoms with van der Waals surface area (Å²) in [7, 11) is 0. The van der Waals surface area contributed by atoms with Crippen molar-refractivity contribution in [1.82, 2.24) is 9.97 Å². The van der Waals surface area contributed by atoms with Crippen molar-refractivity contribution in [2.24, 2.45) is 5.92 Å². The van der Waals surface area contributed by atoms with Crippen LogP contribution >= 0.6 is 0 Å². The Hall–Kier alpha value is -1.68. The summed E-state index contributed by atoms with van der Waals surface area (Å²) in [5, 5.41) is 3.61. The molecular weight excluding hydrogens is 250 g/mol. The van der Waals surface area contributed by atoms with Crippen molar-refractivity contribution in [3.63, 3.8) is 0 Å². The van der Waals surface area contributed by atoms with Gasteiger partial charge >= 0.3 is 0 Å². The highest BCUT2D eigenvalue weighted by molar-refractivity contribution is 5.78. The standard InChI is InChI=1S/C16H21N3O/c1-11(2)16-10-13(5-8-20-16)19-12-3-4-14-15(9-12)18-7-6-17-14/h3-4,6-7,9,11,13,16,19H,5,8,10H2,1-2H3. The van der Waals surface area contributed by atoms with Gasteiger partial charge in [-0.2, -0.15) is 0 Å². The minimum atomic E-state index is 0.362. The van der Waals surface area contributed by atoms with E-state index in [1.54, 1.807) is 12.4 Å². The SMILES string of the molecule is CC(C)C1CC(Nc2ccc3nccnc3c2)CCO1. The molecule has 0 spiro atoms. The number of ether oxygens (including phenoxy) is 1. The fraction of sp³-hybridized carbons (Fsp3) is 0.500. The van der Waals surface area contributed by atoms with E-state index in [1.807, 2.05) is 6.07 Å². The molecule has 0 amide bonds. The Kier molecular flexibility index (Phi) is 3.83. The van der Waals surface area contributed by atoms with Crippen LogP contribution in [0.2, 0.25) is 0 Å². The fourth-order valence-electron chi connectivity index (χ4n) is 2.71. The Morgan fingerprint density at radius 3 is 2.80 bits per heavy atom. The van der Waals surface area contributed by atoms with Crippen molar-refractivity contribution in [2.45, 2.75) is 38.8 Å². The Labute approximate surface area is 119 Å². The van der Waals surface area contributed by atoms with Gasteiger partial charge in [-0.05, 0) is 37.0 Å². The molecule has 0 saturated carbocycles. The van der Waals surface area contributed by atoms with Gasteiger partial charge < -0.3 is 10.1 Å². The average molecular weight is 271 g/mol. The van der Waals surface area contributed by atoms with Gasteiger partial charge in [-0.25, -0.2) is 0 Å². The van der Waals surface area contributed by atoms with Gasteiger partial charge in [0.25, 0.3) is 0 Å². The molecule has 2 unspecified atom stereocenters. The molecule has 0 aliphatic carbocycles. The maximum absolute atomic E-state index is 5.82. The zero-order valence-electron chi connectivity index (χ0n) is 12.0. The Balaban J connectivity index is 1.72. The summed E-state index contributed by atoms with van der Waals surface area (Å²) in [6.07, 6.45) is 5.94. The van der Waals surface area contributed by atoms with Crippen LogP contribution in [0, 0.1) is 5.92 Å². The van der Waals surface area contributed by atoms with E-state index >= 15 is 0 Å². The lowest BCUT2D eigenvalue weighted by Gasteiger charge is -2.33. The van der Waals surface area contributed by atoms with Crippen LogP contribution in [-0.2, 0) is 4.74 Å². The number of hydrogen-bond acceptors (Lipinski definition) is 4. The molecule has 1 N–H and O–H groups in total. The lowest BCUT2D eigenvalue weighted by atomic mass is 9.95. The van der Waals surface area contributed by atoms with Gasteiger partial charge in [0.05, 0.1) is 17.1 Å². The number of aromatic nitrogens is 2. The second-order valence-corrected chi connectivity index (χ2v) is 5.78. The lowest BCUT2D eigenvalue weighted by molar-refractivity contribution is -0.0160. The zero-order valence-corrected chi connectivity index (χ0v) is 12.0. The Morgan fingerprint density at radius 1 is 1.20 bits per heavy atom. The van der Waals surface area contributed by atoms with Crippen molar-refractivity contribution >= 4 is 16.7 Å². The van der Waals surface area contributed by atoms with E-state index < -0.39 is 0 Å². The Bertz CT molecular complexity index is 585. The monoisotopic (exact) mass is 271 g/mol. The lowest BCUT2D eigenvalue weighted by Crippen LogP contribution is -2.36. The third-order valence-corrected chi connectivity index (χ3v) is 3.90.